The SMILES string of the molecule is CC1CC1N(NC(=O)OC(C)(C)C)C(=O)OC(C)(C)C. The molecule has 1 rings (SSSR count). The van der Waals surface area contributed by atoms with Crippen molar-refractivity contribution in [2.24, 2.45) is 5.92 Å². The summed E-state index contributed by atoms with van der Waals surface area (Å²) in [5.74, 6) is 0.345. The molecule has 1 aliphatic rings. The third kappa shape index (κ3) is 5.67. The molecule has 0 aromatic rings. The zero-order chi connectivity index (χ0) is 15.7. The van der Waals surface area contributed by atoms with Gasteiger partial charge in [-0.3, -0.25) is 0 Å². The van der Waals surface area contributed by atoms with Gasteiger partial charge in [-0.1, -0.05) is 6.92 Å². The molecule has 1 fully saturated rings. The quantitative estimate of drug-likeness (QED) is 0.752. The number of carbonyl (C=O) groups is 2. The zero-order valence-electron chi connectivity index (χ0n) is 13.4. The van der Waals surface area contributed by atoms with Crippen LogP contribution in [0.5, 0.6) is 0 Å². The van der Waals surface area contributed by atoms with Crippen molar-refractivity contribution in [3.63, 3.8) is 0 Å². The molecule has 6 nitrogen and oxygen atoms in total. The Hall–Kier alpha value is -1.46. The molecule has 2 unspecified atom stereocenters. The highest BCUT2D eigenvalue weighted by Crippen LogP contribution is 2.34. The van der Waals surface area contributed by atoms with Crippen molar-refractivity contribution in [1.29, 1.82) is 0 Å². The Morgan fingerprint density at radius 2 is 1.50 bits per heavy atom. The van der Waals surface area contributed by atoms with Gasteiger partial charge in [-0.2, -0.15) is 0 Å². The average Bonchev–Trinajstić information content (AvgIpc) is 2.85. The smallest absolute Gasteiger partial charge is 0.429 e. The Balaban J connectivity index is 2.66. The van der Waals surface area contributed by atoms with E-state index >= 15 is 0 Å². The van der Waals surface area contributed by atoms with Crippen molar-refractivity contribution in [3.05, 3.63) is 0 Å². The molecule has 0 heterocycles. The molecule has 0 bridgehead atoms. The Morgan fingerprint density at radius 1 is 1.05 bits per heavy atom. The molecule has 0 saturated heterocycles. The fourth-order valence-electron chi connectivity index (χ4n) is 1.64. The zero-order valence-corrected chi connectivity index (χ0v) is 13.4. The monoisotopic (exact) mass is 286 g/mol. The number of hydrazine groups is 1. The summed E-state index contributed by atoms with van der Waals surface area (Å²) in [7, 11) is 0. The first-order valence-corrected chi connectivity index (χ1v) is 6.91. The van der Waals surface area contributed by atoms with Gasteiger partial charge in [0.15, 0.2) is 0 Å². The summed E-state index contributed by atoms with van der Waals surface area (Å²) in [6.45, 7) is 12.7. The molecular formula is C14H26N2O4. The van der Waals surface area contributed by atoms with Crippen molar-refractivity contribution in [3.8, 4) is 0 Å². The molecule has 0 aliphatic heterocycles. The fraction of sp³-hybridized carbons (Fsp3) is 0.857. The van der Waals surface area contributed by atoms with Crippen LogP contribution in [0.25, 0.3) is 0 Å². The van der Waals surface area contributed by atoms with Crippen LogP contribution in [-0.2, 0) is 9.47 Å². The highest BCUT2D eigenvalue weighted by molar-refractivity contribution is 5.75. The Bertz CT molecular complexity index is 382. The van der Waals surface area contributed by atoms with E-state index in [0.29, 0.717) is 5.92 Å². The summed E-state index contributed by atoms with van der Waals surface area (Å²) < 4.78 is 10.5. The van der Waals surface area contributed by atoms with Gasteiger partial charge >= 0.3 is 12.2 Å². The number of nitrogens with zero attached hydrogens (tertiary/aromatic N) is 1. The number of ether oxygens (including phenoxy) is 2. The van der Waals surface area contributed by atoms with Crippen molar-refractivity contribution >= 4 is 12.2 Å². The van der Waals surface area contributed by atoms with E-state index in [1.807, 2.05) is 6.92 Å². The minimum atomic E-state index is -0.651. The maximum absolute atomic E-state index is 12.1. The molecule has 2 atom stereocenters. The van der Waals surface area contributed by atoms with Crippen LogP contribution in [0.4, 0.5) is 9.59 Å². The van der Waals surface area contributed by atoms with Crippen LogP contribution in [0.3, 0.4) is 0 Å². The van der Waals surface area contributed by atoms with Gasteiger partial charge in [0.25, 0.3) is 0 Å². The van der Waals surface area contributed by atoms with Crippen LogP contribution in [0.15, 0.2) is 0 Å². The lowest BCUT2D eigenvalue weighted by Crippen LogP contribution is -2.51. The van der Waals surface area contributed by atoms with E-state index < -0.39 is 23.4 Å². The van der Waals surface area contributed by atoms with Crippen LogP contribution in [0, 0.1) is 5.92 Å². The minimum absolute atomic E-state index is 0.0302. The van der Waals surface area contributed by atoms with Gasteiger partial charge in [0.1, 0.15) is 11.2 Å². The van der Waals surface area contributed by atoms with Gasteiger partial charge in [0, 0.05) is 0 Å². The number of hydrogen-bond donors (Lipinski definition) is 1. The van der Waals surface area contributed by atoms with E-state index in [1.54, 1.807) is 41.5 Å². The molecule has 0 aromatic heterocycles. The predicted molar refractivity (Wildman–Crippen MR) is 75.0 cm³/mol. The normalized spacial score (nSPS) is 21.9. The Kier molecular flexibility index (Phi) is 4.56. The summed E-state index contributed by atoms with van der Waals surface area (Å²) in [6, 6.07) is -0.0302. The third-order valence-corrected chi connectivity index (χ3v) is 2.60. The molecule has 0 aromatic carbocycles. The van der Waals surface area contributed by atoms with Crippen LogP contribution < -0.4 is 5.43 Å². The second-order valence-electron chi connectivity index (χ2n) is 7.24. The predicted octanol–water partition coefficient (Wildman–Crippen LogP) is 3.07. The van der Waals surface area contributed by atoms with E-state index in [0.717, 1.165) is 6.42 Å². The lowest BCUT2D eigenvalue weighted by atomic mass is 10.2. The first kappa shape index (κ1) is 16.6. The second kappa shape index (κ2) is 5.50. The highest BCUT2D eigenvalue weighted by atomic mass is 16.6. The van der Waals surface area contributed by atoms with Crippen LogP contribution in [0.1, 0.15) is 54.9 Å². The number of hydrogen-bond acceptors (Lipinski definition) is 4. The summed E-state index contributed by atoms with van der Waals surface area (Å²) in [6.07, 6.45) is -0.366. The van der Waals surface area contributed by atoms with Crippen LogP contribution >= 0.6 is 0 Å². The van der Waals surface area contributed by atoms with E-state index in [2.05, 4.69) is 5.43 Å². The van der Waals surface area contributed by atoms with Crippen molar-refractivity contribution in [2.45, 2.75) is 72.1 Å². The minimum Gasteiger partial charge on any atom is -0.443 e. The largest absolute Gasteiger partial charge is 0.443 e. The molecule has 0 spiro atoms. The lowest BCUT2D eigenvalue weighted by Gasteiger charge is -2.29. The number of rotatable bonds is 1. The fourth-order valence-corrected chi connectivity index (χ4v) is 1.64. The van der Waals surface area contributed by atoms with Gasteiger partial charge in [-0.15, -0.1) is 0 Å². The summed E-state index contributed by atoms with van der Waals surface area (Å²) in [5.41, 5.74) is 1.27. The summed E-state index contributed by atoms with van der Waals surface area (Å²) in [5, 5.41) is 1.24. The number of amides is 2. The summed E-state index contributed by atoms with van der Waals surface area (Å²) >= 11 is 0. The number of nitrogens with one attached hydrogen (secondary N) is 1. The highest BCUT2D eigenvalue weighted by Gasteiger charge is 2.43. The second-order valence-corrected chi connectivity index (χ2v) is 7.24. The number of carbonyl (C=O) groups excluding carboxylic acids is 2. The van der Waals surface area contributed by atoms with E-state index in [4.69, 9.17) is 9.47 Å². The molecule has 1 saturated carbocycles. The maximum atomic E-state index is 12.1. The van der Waals surface area contributed by atoms with Crippen LogP contribution in [0.2, 0.25) is 0 Å². The van der Waals surface area contributed by atoms with Gasteiger partial charge in [-0.25, -0.2) is 20.0 Å². The van der Waals surface area contributed by atoms with E-state index in [9.17, 15) is 9.59 Å². The molecular weight excluding hydrogens is 260 g/mol. The van der Waals surface area contributed by atoms with Crippen molar-refractivity contribution < 1.29 is 19.1 Å². The first-order valence-electron chi connectivity index (χ1n) is 6.91. The van der Waals surface area contributed by atoms with Crippen molar-refractivity contribution in [1.82, 2.24) is 10.4 Å². The van der Waals surface area contributed by atoms with E-state index in [-0.39, 0.29) is 6.04 Å². The Morgan fingerprint density at radius 3 is 1.85 bits per heavy atom. The molecule has 1 aliphatic carbocycles. The molecule has 116 valence electrons. The third-order valence-electron chi connectivity index (χ3n) is 2.60. The van der Waals surface area contributed by atoms with Crippen molar-refractivity contribution in [2.75, 3.05) is 0 Å². The van der Waals surface area contributed by atoms with Gasteiger partial charge in [-0.05, 0) is 53.9 Å². The molecule has 1 N–H and O–H groups in total. The van der Waals surface area contributed by atoms with Gasteiger partial charge in [0.05, 0.1) is 6.04 Å². The molecule has 20 heavy (non-hydrogen) atoms. The van der Waals surface area contributed by atoms with Crippen LogP contribution in [-0.4, -0.2) is 34.4 Å². The standard InChI is InChI=1S/C14H26N2O4/c1-9-8-10(9)16(12(18)20-14(5,6)7)15-11(17)19-13(2,3)4/h9-10H,8H2,1-7H3,(H,15,17). The topological polar surface area (TPSA) is 67.9 Å². The Labute approximate surface area is 120 Å². The summed E-state index contributed by atoms with van der Waals surface area (Å²) in [4.78, 5) is 23.9. The molecule has 0 radical (unpaired) electrons. The lowest BCUT2D eigenvalue weighted by molar-refractivity contribution is -0.00169. The maximum Gasteiger partial charge on any atom is 0.429 e. The van der Waals surface area contributed by atoms with Gasteiger partial charge in [0.2, 0.25) is 0 Å². The first-order chi connectivity index (χ1) is 8.89. The van der Waals surface area contributed by atoms with Gasteiger partial charge < -0.3 is 9.47 Å². The average molecular weight is 286 g/mol. The molecule has 6 heteroatoms. The molecule has 2 amide bonds. The van der Waals surface area contributed by atoms with E-state index in [1.165, 1.54) is 5.01 Å².